The molecule has 0 aliphatic carbocycles. The number of imide groups is 1. The average Bonchev–Trinajstić information content (AvgIpc) is 2.59. The molecule has 1 fully saturated rings. The summed E-state index contributed by atoms with van der Waals surface area (Å²) in [5, 5.41) is 8.82. The Bertz CT molecular complexity index is 263. The minimum atomic E-state index is -0.0548. The molecule has 5 nitrogen and oxygen atoms in total. The summed E-state index contributed by atoms with van der Waals surface area (Å²) in [6.07, 6.45) is 1.44. The fourth-order valence-electron chi connectivity index (χ4n) is 2.00. The molecule has 17 heavy (non-hydrogen) atoms. The van der Waals surface area contributed by atoms with Gasteiger partial charge < -0.3 is 5.11 Å². The molecule has 1 aliphatic heterocycles. The van der Waals surface area contributed by atoms with E-state index in [0.717, 1.165) is 13.0 Å². The lowest BCUT2D eigenvalue weighted by atomic mass is 10.3. The first-order valence-electron chi connectivity index (χ1n) is 6.24. The number of hydrogen-bond acceptors (Lipinski definition) is 4. The number of nitrogens with zero attached hydrogens (tertiary/aromatic N) is 2. The second-order valence-electron chi connectivity index (χ2n) is 4.65. The Morgan fingerprint density at radius 3 is 2.29 bits per heavy atom. The Kier molecular flexibility index (Phi) is 5.58. The summed E-state index contributed by atoms with van der Waals surface area (Å²) in [7, 11) is 0. The molecule has 1 N–H and O–H groups in total. The van der Waals surface area contributed by atoms with E-state index in [1.165, 1.54) is 4.90 Å². The molecule has 0 atom stereocenters. The van der Waals surface area contributed by atoms with Crippen molar-refractivity contribution < 1.29 is 14.7 Å². The van der Waals surface area contributed by atoms with E-state index in [-0.39, 0.29) is 18.4 Å². The monoisotopic (exact) mass is 242 g/mol. The van der Waals surface area contributed by atoms with Gasteiger partial charge in [0.1, 0.15) is 0 Å². The molecular weight excluding hydrogens is 220 g/mol. The van der Waals surface area contributed by atoms with Gasteiger partial charge in [0.2, 0.25) is 11.8 Å². The molecule has 0 unspecified atom stereocenters. The zero-order chi connectivity index (χ0) is 12.8. The van der Waals surface area contributed by atoms with E-state index in [4.69, 9.17) is 5.11 Å². The van der Waals surface area contributed by atoms with Crippen molar-refractivity contribution in [3.8, 4) is 0 Å². The Hall–Kier alpha value is -0.940. The maximum atomic E-state index is 11.4. The van der Waals surface area contributed by atoms with E-state index in [1.54, 1.807) is 0 Å². The number of aliphatic hydroxyl groups is 1. The first-order valence-corrected chi connectivity index (χ1v) is 6.24. The number of hydrogen-bond donors (Lipinski definition) is 1. The van der Waals surface area contributed by atoms with E-state index in [1.807, 2.05) is 0 Å². The zero-order valence-corrected chi connectivity index (χ0v) is 10.7. The van der Waals surface area contributed by atoms with Gasteiger partial charge in [-0.1, -0.05) is 0 Å². The molecule has 0 aromatic heterocycles. The predicted octanol–water partition coefficient (Wildman–Crippen LogP) is 0.228. The number of likely N-dealkylation sites (tertiary alicyclic amines) is 1. The van der Waals surface area contributed by atoms with E-state index in [2.05, 4.69) is 18.7 Å². The fraction of sp³-hybridized carbons (Fsp3) is 0.833. The first-order chi connectivity index (χ1) is 8.06. The van der Waals surface area contributed by atoms with Gasteiger partial charge in [-0.3, -0.25) is 19.4 Å². The first kappa shape index (κ1) is 14.1. The highest BCUT2D eigenvalue weighted by molar-refractivity contribution is 6.01. The number of carbonyl (C=O) groups is 2. The van der Waals surface area contributed by atoms with Crippen LogP contribution >= 0.6 is 0 Å². The Morgan fingerprint density at radius 1 is 1.24 bits per heavy atom. The summed E-state index contributed by atoms with van der Waals surface area (Å²) >= 11 is 0. The van der Waals surface area contributed by atoms with Crippen molar-refractivity contribution in [3.05, 3.63) is 0 Å². The van der Waals surface area contributed by atoms with Crippen LogP contribution in [-0.2, 0) is 9.59 Å². The van der Waals surface area contributed by atoms with Crippen LogP contribution in [0, 0.1) is 0 Å². The standard InChI is InChI=1S/C12H22N2O3/c1-10(2)13(6-3-9-15)7-8-14-11(16)4-5-12(14)17/h10,15H,3-9H2,1-2H3. The molecule has 1 saturated heterocycles. The van der Waals surface area contributed by atoms with Crippen molar-refractivity contribution >= 4 is 11.8 Å². The molecule has 1 aliphatic rings. The quantitative estimate of drug-likeness (QED) is 0.649. The van der Waals surface area contributed by atoms with Crippen molar-refractivity contribution in [2.24, 2.45) is 0 Å². The third-order valence-electron chi connectivity index (χ3n) is 3.10. The highest BCUT2D eigenvalue weighted by Gasteiger charge is 2.28. The second kappa shape index (κ2) is 6.71. The van der Waals surface area contributed by atoms with Gasteiger partial charge in [0.05, 0.1) is 0 Å². The Morgan fingerprint density at radius 2 is 1.82 bits per heavy atom. The van der Waals surface area contributed by atoms with Crippen LogP contribution in [0.3, 0.4) is 0 Å². The zero-order valence-electron chi connectivity index (χ0n) is 10.7. The molecule has 0 aromatic rings. The van der Waals surface area contributed by atoms with E-state index < -0.39 is 0 Å². The lowest BCUT2D eigenvalue weighted by Gasteiger charge is -2.27. The number of rotatable bonds is 7. The summed E-state index contributed by atoms with van der Waals surface area (Å²) in [5.74, 6) is -0.110. The molecule has 5 heteroatoms. The van der Waals surface area contributed by atoms with Gasteiger partial charge in [0, 0.05) is 45.1 Å². The van der Waals surface area contributed by atoms with Gasteiger partial charge >= 0.3 is 0 Å². The summed E-state index contributed by atoms with van der Waals surface area (Å²) < 4.78 is 0. The van der Waals surface area contributed by atoms with Crippen molar-refractivity contribution in [2.45, 2.75) is 39.2 Å². The lowest BCUT2D eigenvalue weighted by molar-refractivity contribution is -0.138. The number of aliphatic hydroxyl groups excluding tert-OH is 1. The van der Waals surface area contributed by atoms with E-state index >= 15 is 0 Å². The molecule has 2 amide bonds. The van der Waals surface area contributed by atoms with Crippen LogP contribution < -0.4 is 0 Å². The molecule has 0 bridgehead atoms. The maximum absolute atomic E-state index is 11.4. The molecule has 1 rings (SSSR count). The van der Waals surface area contributed by atoms with Gasteiger partial charge in [-0.2, -0.15) is 0 Å². The van der Waals surface area contributed by atoms with Gasteiger partial charge in [-0.15, -0.1) is 0 Å². The fourth-order valence-corrected chi connectivity index (χ4v) is 2.00. The molecule has 1 heterocycles. The van der Waals surface area contributed by atoms with Crippen LogP contribution in [0.1, 0.15) is 33.1 Å². The third kappa shape index (κ3) is 4.09. The van der Waals surface area contributed by atoms with Crippen LogP contribution in [0.2, 0.25) is 0 Å². The normalized spacial score (nSPS) is 16.6. The number of amides is 2. The van der Waals surface area contributed by atoms with E-state index in [0.29, 0.717) is 32.0 Å². The second-order valence-corrected chi connectivity index (χ2v) is 4.65. The van der Waals surface area contributed by atoms with Crippen molar-refractivity contribution in [3.63, 3.8) is 0 Å². The van der Waals surface area contributed by atoms with Crippen molar-refractivity contribution in [1.29, 1.82) is 0 Å². The van der Waals surface area contributed by atoms with Crippen LogP contribution in [-0.4, -0.2) is 59.0 Å². The van der Waals surface area contributed by atoms with Crippen molar-refractivity contribution in [2.75, 3.05) is 26.2 Å². The average molecular weight is 242 g/mol. The predicted molar refractivity (Wildman–Crippen MR) is 64.4 cm³/mol. The largest absolute Gasteiger partial charge is 0.396 e. The van der Waals surface area contributed by atoms with Crippen LogP contribution in [0.25, 0.3) is 0 Å². The maximum Gasteiger partial charge on any atom is 0.229 e. The van der Waals surface area contributed by atoms with Gasteiger partial charge in [0.15, 0.2) is 0 Å². The third-order valence-corrected chi connectivity index (χ3v) is 3.10. The molecule has 0 radical (unpaired) electrons. The highest BCUT2D eigenvalue weighted by atomic mass is 16.3. The summed E-state index contributed by atoms with van der Waals surface area (Å²) in [6.45, 7) is 6.28. The Balaban J connectivity index is 2.40. The van der Waals surface area contributed by atoms with Crippen LogP contribution in [0.5, 0.6) is 0 Å². The molecule has 0 saturated carbocycles. The minimum absolute atomic E-state index is 0.0548. The van der Waals surface area contributed by atoms with Gasteiger partial charge in [-0.25, -0.2) is 0 Å². The van der Waals surface area contributed by atoms with E-state index in [9.17, 15) is 9.59 Å². The Labute approximate surface area is 102 Å². The molecule has 0 spiro atoms. The van der Waals surface area contributed by atoms with Crippen LogP contribution in [0.15, 0.2) is 0 Å². The summed E-state index contributed by atoms with van der Waals surface area (Å²) in [5.41, 5.74) is 0. The number of carbonyl (C=O) groups excluding carboxylic acids is 2. The lowest BCUT2D eigenvalue weighted by Crippen LogP contribution is -2.41. The molecule has 98 valence electrons. The summed E-state index contributed by atoms with van der Waals surface area (Å²) in [6, 6.07) is 0.356. The highest BCUT2D eigenvalue weighted by Crippen LogP contribution is 2.11. The molecule has 0 aromatic carbocycles. The topological polar surface area (TPSA) is 60.9 Å². The van der Waals surface area contributed by atoms with Gasteiger partial charge in [-0.05, 0) is 20.3 Å². The van der Waals surface area contributed by atoms with Crippen LogP contribution in [0.4, 0.5) is 0 Å². The minimum Gasteiger partial charge on any atom is -0.396 e. The van der Waals surface area contributed by atoms with Gasteiger partial charge in [0.25, 0.3) is 0 Å². The van der Waals surface area contributed by atoms with Crippen molar-refractivity contribution in [1.82, 2.24) is 9.80 Å². The smallest absolute Gasteiger partial charge is 0.229 e. The molecular formula is C12H22N2O3. The SMILES string of the molecule is CC(C)N(CCCO)CCN1C(=O)CCC1=O. The summed E-state index contributed by atoms with van der Waals surface area (Å²) in [4.78, 5) is 26.4.